The molecule has 0 bridgehead atoms. The van der Waals surface area contributed by atoms with Crippen molar-refractivity contribution in [1.29, 1.82) is 0 Å². The number of nitrogens with one attached hydrogen (secondary N) is 2. The first kappa shape index (κ1) is 41.2. The van der Waals surface area contributed by atoms with Crippen molar-refractivity contribution in [3.8, 4) is 0 Å². The molecule has 0 radical (unpaired) electrons. The Labute approximate surface area is 272 Å². The van der Waals surface area contributed by atoms with Crippen molar-refractivity contribution in [3.05, 3.63) is 0 Å². The number of hydrogen-bond acceptors (Lipinski definition) is 8. The van der Waals surface area contributed by atoms with Gasteiger partial charge >= 0.3 is 0 Å². The van der Waals surface area contributed by atoms with Crippen LogP contribution in [0.3, 0.4) is 0 Å². The molecule has 1 aliphatic rings. The van der Waals surface area contributed by atoms with E-state index in [4.69, 9.17) is 10.5 Å². The molecule has 0 saturated carbocycles. The fourth-order valence-electron chi connectivity index (χ4n) is 5.99. The van der Waals surface area contributed by atoms with Crippen molar-refractivity contribution in [2.45, 2.75) is 173 Å². The summed E-state index contributed by atoms with van der Waals surface area (Å²) < 4.78 is 6.10. The minimum atomic E-state index is -1.79. The first-order valence-corrected chi connectivity index (χ1v) is 18.0. The molecule has 1 aliphatic heterocycles. The molecule has 1 saturated heterocycles. The number of aliphatic hydroxyl groups is 3. The van der Waals surface area contributed by atoms with Crippen LogP contribution in [0, 0.1) is 0 Å². The summed E-state index contributed by atoms with van der Waals surface area (Å²) in [7, 11) is 0. The highest BCUT2D eigenvalue weighted by atomic mass is 16.6. The molecule has 3 amide bonds. The van der Waals surface area contributed by atoms with Gasteiger partial charge in [-0.15, -0.1) is 0 Å². The van der Waals surface area contributed by atoms with E-state index >= 15 is 0 Å². The number of unbranched alkanes of at least 4 members (excludes halogenated alkanes) is 17. The Bertz CT molecular complexity index is 803. The lowest BCUT2D eigenvalue weighted by Gasteiger charge is -2.50. The van der Waals surface area contributed by atoms with Crippen LogP contribution in [0.4, 0.5) is 0 Å². The van der Waals surface area contributed by atoms with E-state index in [2.05, 4.69) is 24.5 Å². The molecule has 11 nitrogen and oxygen atoms in total. The van der Waals surface area contributed by atoms with Crippen LogP contribution < -0.4 is 16.4 Å². The van der Waals surface area contributed by atoms with E-state index in [0.29, 0.717) is 12.8 Å². The van der Waals surface area contributed by atoms with Gasteiger partial charge in [-0.1, -0.05) is 123 Å². The quantitative estimate of drug-likeness (QED) is 0.0576. The third-order valence-corrected chi connectivity index (χ3v) is 8.72. The zero-order valence-corrected chi connectivity index (χ0v) is 28.4. The van der Waals surface area contributed by atoms with Crippen LogP contribution in [0.5, 0.6) is 0 Å². The second-order valence-electron chi connectivity index (χ2n) is 12.7. The predicted octanol–water partition coefficient (Wildman–Crippen LogP) is 4.00. The summed E-state index contributed by atoms with van der Waals surface area (Å²) in [4.78, 5) is 40.0. The zero-order chi connectivity index (χ0) is 33.3. The van der Waals surface area contributed by atoms with Crippen molar-refractivity contribution in [2.24, 2.45) is 5.73 Å². The van der Waals surface area contributed by atoms with Gasteiger partial charge in [0.1, 0.15) is 12.2 Å². The molecule has 0 aromatic heterocycles. The van der Waals surface area contributed by atoms with Gasteiger partial charge in [0.2, 0.25) is 23.6 Å². The van der Waals surface area contributed by atoms with Crippen LogP contribution >= 0.6 is 0 Å². The van der Waals surface area contributed by atoms with Gasteiger partial charge in [0.25, 0.3) is 0 Å². The van der Waals surface area contributed by atoms with Gasteiger partial charge in [-0.05, 0) is 12.8 Å². The van der Waals surface area contributed by atoms with Gasteiger partial charge in [-0.3, -0.25) is 19.3 Å². The SMILES string of the molecule is CCCCCCCCCCCCN(C(=O)CCCCCCCCCCC)[C@@]1(NC(=O)CNC(=O)CN)C[C@@H](O)[C@H](O)[C@@H](CO)O1. The van der Waals surface area contributed by atoms with Gasteiger partial charge in [0, 0.05) is 19.4 Å². The van der Waals surface area contributed by atoms with E-state index < -0.39 is 49.1 Å². The highest BCUT2D eigenvalue weighted by Gasteiger charge is 2.52. The Morgan fingerprint density at radius 3 is 1.76 bits per heavy atom. The number of carbonyl (C=O) groups is 3. The fraction of sp³-hybridized carbons (Fsp3) is 0.912. The van der Waals surface area contributed by atoms with E-state index in [1.54, 1.807) is 0 Å². The summed E-state index contributed by atoms with van der Waals surface area (Å²) in [6.07, 6.45) is 17.2. The second kappa shape index (κ2) is 25.3. The molecule has 0 unspecified atom stereocenters. The van der Waals surface area contributed by atoms with E-state index in [1.807, 2.05) is 0 Å². The van der Waals surface area contributed by atoms with Crippen LogP contribution in [-0.4, -0.2) is 88.3 Å². The maximum Gasteiger partial charge on any atom is 0.243 e. The number of hydrogen-bond donors (Lipinski definition) is 6. The third-order valence-electron chi connectivity index (χ3n) is 8.72. The number of aliphatic hydroxyl groups excluding tert-OH is 3. The number of ether oxygens (including phenoxy) is 1. The molecule has 0 aromatic rings. The minimum Gasteiger partial charge on any atom is -0.394 e. The standard InChI is InChI=1S/C34H66N4O7/c1-3-5-7-9-11-13-15-17-19-21-23-38(32(43)22-20-18-16-14-12-10-8-6-4-2)34(37-31(42)26-36-30(41)25-35)24-28(40)33(44)29(27-39)45-34/h28-29,33,39-40,44H,3-27,35H2,1-2H3,(H,36,41)(H,37,42)/t28-,29-,33+,34+/m1/s1. The molecule has 4 atom stereocenters. The Balaban J connectivity index is 2.95. The average Bonchev–Trinajstić information content (AvgIpc) is 3.03. The van der Waals surface area contributed by atoms with Crippen molar-refractivity contribution in [3.63, 3.8) is 0 Å². The summed E-state index contributed by atoms with van der Waals surface area (Å²) in [6, 6.07) is 0. The average molecular weight is 643 g/mol. The molecule has 7 N–H and O–H groups in total. The van der Waals surface area contributed by atoms with Crippen LogP contribution in [0.15, 0.2) is 0 Å². The first-order valence-electron chi connectivity index (χ1n) is 18.0. The van der Waals surface area contributed by atoms with Crippen molar-refractivity contribution in [1.82, 2.24) is 15.5 Å². The maximum absolute atomic E-state index is 13.8. The molecule has 0 spiro atoms. The summed E-state index contributed by atoms with van der Waals surface area (Å²) in [5.41, 5.74) is 5.35. The molecule has 1 rings (SSSR count). The molecule has 264 valence electrons. The Hall–Kier alpha value is -1.79. The molecule has 45 heavy (non-hydrogen) atoms. The lowest BCUT2D eigenvalue weighted by Crippen LogP contribution is -2.72. The number of rotatable bonds is 27. The molecular formula is C34H66N4O7. The lowest BCUT2D eigenvalue weighted by atomic mass is 9.96. The number of amides is 3. The van der Waals surface area contributed by atoms with Gasteiger partial charge in [0.05, 0.1) is 25.8 Å². The lowest BCUT2D eigenvalue weighted by molar-refractivity contribution is -0.280. The minimum absolute atomic E-state index is 0.222. The van der Waals surface area contributed by atoms with Crippen LogP contribution in [0.2, 0.25) is 0 Å². The molecule has 1 heterocycles. The van der Waals surface area contributed by atoms with Gasteiger partial charge in [-0.25, -0.2) is 0 Å². The highest BCUT2D eigenvalue weighted by Crippen LogP contribution is 2.32. The van der Waals surface area contributed by atoms with Crippen LogP contribution in [0.25, 0.3) is 0 Å². The molecule has 1 fully saturated rings. The predicted molar refractivity (Wildman–Crippen MR) is 177 cm³/mol. The maximum atomic E-state index is 13.8. The number of nitrogens with zero attached hydrogens (tertiary/aromatic N) is 1. The Kier molecular flexibility index (Phi) is 23.2. The largest absolute Gasteiger partial charge is 0.394 e. The molecule has 0 aliphatic carbocycles. The topological polar surface area (TPSA) is 174 Å². The molecule has 11 heteroatoms. The highest BCUT2D eigenvalue weighted by molar-refractivity contribution is 5.86. The van der Waals surface area contributed by atoms with Crippen molar-refractivity contribution in [2.75, 3.05) is 26.2 Å². The Morgan fingerprint density at radius 2 is 1.27 bits per heavy atom. The zero-order valence-electron chi connectivity index (χ0n) is 28.4. The first-order chi connectivity index (χ1) is 21.7. The van der Waals surface area contributed by atoms with E-state index in [-0.39, 0.29) is 31.8 Å². The number of carbonyl (C=O) groups excluding carboxylic acids is 3. The van der Waals surface area contributed by atoms with E-state index in [9.17, 15) is 29.7 Å². The van der Waals surface area contributed by atoms with Crippen LogP contribution in [0.1, 0.15) is 149 Å². The Morgan fingerprint density at radius 1 is 0.778 bits per heavy atom. The van der Waals surface area contributed by atoms with Gasteiger partial charge in [0.15, 0.2) is 0 Å². The summed E-state index contributed by atoms with van der Waals surface area (Å²) in [5.74, 6) is -3.16. The summed E-state index contributed by atoms with van der Waals surface area (Å²) in [5, 5.41) is 36.4. The van der Waals surface area contributed by atoms with Gasteiger partial charge < -0.3 is 36.4 Å². The third kappa shape index (κ3) is 17.1. The fourth-order valence-corrected chi connectivity index (χ4v) is 5.99. The van der Waals surface area contributed by atoms with E-state index in [0.717, 1.165) is 38.5 Å². The second-order valence-corrected chi connectivity index (χ2v) is 12.7. The van der Waals surface area contributed by atoms with Crippen molar-refractivity contribution < 1.29 is 34.4 Å². The molecule has 0 aromatic carbocycles. The number of nitrogens with two attached hydrogens (primary N) is 1. The van der Waals surface area contributed by atoms with E-state index in [1.165, 1.54) is 75.5 Å². The van der Waals surface area contributed by atoms with Crippen LogP contribution in [-0.2, 0) is 19.1 Å². The smallest absolute Gasteiger partial charge is 0.243 e. The van der Waals surface area contributed by atoms with Gasteiger partial charge in [-0.2, -0.15) is 0 Å². The molecular weight excluding hydrogens is 576 g/mol. The van der Waals surface area contributed by atoms with Crippen molar-refractivity contribution >= 4 is 17.7 Å². The normalized spacial score (nSPS) is 21.4. The summed E-state index contributed by atoms with van der Waals surface area (Å²) >= 11 is 0. The monoisotopic (exact) mass is 642 g/mol. The summed E-state index contributed by atoms with van der Waals surface area (Å²) in [6.45, 7) is 3.40.